The Morgan fingerprint density at radius 3 is 2.60 bits per heavy atom. The van der Waals surface area contributed by atoms with Crippen LogP contribution in [-0.4, -0.2) is 9.55 Å². The molecule has 0 spiro atoms. The fourth-order valence-electron chi connectivity index (χ4n) is 2.47. The molecule has 1 aliphatic heterocycles. The molecule has 0 radical (unpaired) electrons. The number of para-hydroxylation sites is 2. The van der Waals surface area contributed by atoms with E-state index in [1.807, 2.05) is 36.4 Å². The predicted octanol–water partition coefficient (Wildman–Crippen LogP) is 4.04. The lowest BCUT2D eigenvalue weighted by molar-refractivity contribution is 0.279. The maximum absolute atomic E-state index is 5.77. The molecule has 0 fully saturated rings. The standard InChI is InChI=1S/C16H11IN2O/c17-16-15(11-6-2-1-3-7-11)18-14-10-20-13-9-5-4-8-12(13)19(14)16/h1-9H,10H2. The Kier molecular flexibility index (Phi) is 2.77. The highest BCUT2D eigenvalue weighted by Gasteiger charge is 2.23. The number of nitrogens with zero attached hydrogens (tertiary/aromatic N) is 2. The molecular formula is C16H11IN2O. The molecule has 0 N–H and O–H groups in total. The molecule has 0 atom stereocenters. The molecule has 4 heteroatoms. The Hall–Kier alpha value is -1.82. The number of benzene rings is 2. The minimum atomic E-state index is 0.514. The summed E-state index contributed by atoms with van der Waals surface area (Å²) < 4.78 is 9.07. The van der Waals surface area contributed by atoms with E-state index in [9.17, 15) is 0 Å². The third-order valence-electron chi connectivity index (χ3n) is 3.40. The summed E-state index contributed by atoms with van der Waals surface area (Å²) in [6, 6.07) is 18.3. The van der Waals surface area contributed by atoms with Crippen molar-refractivity contribution in [3.05, 3.63) is 64.1 Å². The van der Waals surface area contributed by atoms with E-state index in [1.54, 1.807) is 0 Å². The molecule has 0 amide bonds. The quantitative estimate of drug-likeness (QED) is 0.602. The Morgan fingerprint density at radius 1 is 1.00 bits per heavy atom. The van der Waals surface area contributed by atoms with Crippen molar-refractivity contribution in [2.75, 3.05) is 0 Å². The zero-order valence-electron chi connectivity index (χ0n) is 10.6. The molecule has 4 rings (SSSR count). The van der Waals surface area contributed by atoms with Gasteiger partial charge in [0.1, 0.15) is 21.8 Å². The molecule has 0 bridgehead atoms. The Bertz CT molecular complexity index is 780. The predicted molar refractivity (Wildman–Crippen MR) is 86.0 cm³/mol. The van der Waals surface area contributed by atoms with Crippen molar-refractivity contribution in [2.24, 2.45) is 0 Å². The number of rotatable bonds is 1. The van der Waals surface area contributed by atoms with Gasteiger partial charge in [-0.05, 0) is 34.7 Å². The Morgan fingerprint density at radius 2 is 1.75 bits per heavy atom. The number of hydrogen-bond donors (Lipinski definition) is 0. The third-order valence-corrected chi connectivity index (χ3v) is 4.39. The van der Waals surface area contributed by atoms with Crippen molar-refractivity contribution < 1.29 is 4.74 Å². The van der Waals surface area contributed by atoms with Crippen LogP contribution in [-0.2, 0) is 6.61 Å². The average molecular weight is 374 g/mol. The molecule has 0 saturated carbocycles. The van der Waals surface area contributed by atoms with Gasteiger partial charge in [-0.3, -0.25) is 4.57 Å². The van der Waals surface area contributed by atoms with Crippen molar-refractivity contribution in [1.82, 2.24) is 9.55 Å². The maximum atomic E-state index is 5.77. The van der Waals surface area contributed by atoms with Crippen LogP contribution in [0.5, 0.6) is 5.75 Å². The number of imidazole rings is 1. The molecule has 2 aromatic carbocycles. The van der Waals surface area contributed by atoms with Crippen LogP contribution in [0.4, 0.5) is 0 Å². The molecule has 1 aliphatic rings. The van der Waals surface area contributed by atoms with Crippen molar-refractivity contribution in [3.8, 4) is 22.7 Å². The highest BCUT2D eigenvalue weighted by atomic mass is 127. The van der Waals surface area contributed by atoms with Crippen LogP contribution in [0.2, 0.25) is 0 Å². The van der Waals surface area contributed by atoms with E-state index in [4.69, 9.17) is 9.72 Å². The molecule has 3 aromatic rings. The first-order chi connectivity index (χ1) is 9.84. The summed E-state index contributed by atoms with van der Waals surface area (Å²) in [5.41, 5.74) is 3.21. The van der Waals surface area contributed by atoms with E-state index in [0.717, 1.165) is 32.2 Å². The number of hydrogen-bond acceptors (Lipinski definition) is 2. The second-order valence-corrected chi connectivity index (χ2v) is 5.65. The molecule has 20 heavy (non-hydrogen) atoms. The summed E-state index contributed by atoms with van der Waals surface area (Å²) in [6.45, 7) is 0.514. The molecular weight excluding hydrogens is 363 g/mol. The SMILES string of the molecule is Ic1c(-c2ccccc2)nc2n1-c1ccccc1OC2. The summed E-state index contributed by atoms with van der Waals surface area (Å²) in [5.74, 6) is 1.86. The second kappa shape index (κ2) is 4.63. The van der Waals surface area contributed by atoms with E-state index in [1.165, 1.54) is 0 Å². The maximum Gasteiger partial charge on any atom is 0.153 e. The van der Waals surface area contributed by atoms with E-state index in [2.05, 4.69) is 45.4 Å². The fourth-order valence-corrected chi connectivity index (χ4v) is 3.44. The minimum Gasteiger partial charge on any atom is -0.483 e. The Labute approximate surface area is 130 Å². The zero-order valence-corrected chi connectivity index (χ0v) is 12.7. The molecule has 98 valence electrons. The van der Waals surface area contributed by atoms with E-state index in [-0.39, 0.29) is 0 Å². The lowest BCUT2D eigenvalue weighted by Gasteiger charge is -2.19. The first-order valence-corrected chi connectivity index (χ1v) is 7.47. The highest BCUT2D eigenvalue weighted by Crippen LogP contribution is 2.35. The van der Waals surface area contributed by atoms with Crippen molar-refractivity contribution in [3.63, 3.8) is 0 Å². The van der Waals surface area contributed by atoms with Crippen LogP contribution in [0.1, 0.15) is 5.82 Å². The normalized spacial score (nSPS) is 12.4. The van der Waals surface area contributed by atoms with Crippen LogP contribution < -0.4 is 4.74 Å². The Balaban J connectivity index is 1.95. The topological polar surface area (TPSA) is 27.1 Å². The van der Waals surface area contributed by atoms with Gasteiger partial charge in [0.15, 0.2) is 5.82 Å². The fraction of sp³-hybridized carbons (Fsp3) is 0.0625. The van der Waals surface area contributed by atoms with Crippen molar-refractivity contribution in [1.29, 1.82) is 0 Å². The van der Waals surface area contributed by atoms with Gasteiger partial charge in [0.2, 0.25) is 0 Å². The van der Waals surface area contributed by atoms with Gasteiger partial charge in [0.05, 0.1) is 5.69 Å². The second-order valence-electron chi connectivity index (χ2n) is 4.63. The summed E-state index contributed by atoms with van der Waals surface area (Å²) >= 11 is 2.36. The van der Waals surface area contributed by atoms with Crippen molar-refractivity contribution >= 4 is 22.6 Å². The smallest absolute Gasteiger partial charge is 0.153 e. The lowest BCUT2D eigenvalue weighted by atomic mass is 10.2. The van der Waals surface area contributed by atoms with Gasteiger partial charge in [-0.1, -0.05) is 42.5 Å². The monoisotopic (exact) mass is 374 g/mol. The number of halogens is 1. The molecule has 0 unspecified atom stereocenters. The van der Waals surface area contributed by atoms with E-state index in [0.29, 0.717) is 6.61 Å². The van der Waals surface area contributed by atoms with Gasteiger partial charge in [0, 0.05) is 5.56 Å². The van der Waals surface area contributed by atoms with Crippen molar-refractivity contribution in [2.45, 2.75) is 6.61 Å². The average Bonchev–Trinajstić information content (AvgIpc) is 2.86. The van der Waals surface area contributed by atoms with Gasteiger partial charge in [-0.25, -0.2) is 4.98 Å². The third kappa shape index (κ3) is 1.75. The van der Waals surface area contributed by atoms with Gasteiger partial charge < -0.3 is 4.74 Å². The number of aromatic nitrogens is 2. The zero-order chi connectivity index (χ0) is 13.5. The highest BCUT2D eigenvalue weighted by molar-refractivity contribution is 14.1. The first-order valence-electron chi connectivity index (χ1n) is 6.39. The van der Waals surface area contributed by atoms with Gasteiger partial charge in [0.25, 0.3) is 0 Å². The van der Waals surface area contributed by atoms with Gasteiger partial charge >= 0.3 is 0 Å². The van der Waals surface area contributed by atoms with E-state index >= 15 is 0 Å². The summed E-state index contributed by atoms with van der Waals surface area (Å²) in [6.07, 6.45) is 0. The van der Waals surface area contributed by atoms with Gasteiger partial charge in [-0.2, -0.15) is 0 Å². The van der Waals surface area contributed by atoms with Crippen LogP contribution in [0.15, 0.2) is 54.6 Å². The molecule has 0 saturated heterocycles. The van der Waals surface area contributed by atoms with Crippen LogP contribution in [0.3, 0.4) is 0 Å². The number of ether oxygens (including phenoxy) is 1. The summed E-state index contributed by atoms with van der Waals surface area (Å²) in [5, 5.41) is 0. The largest absolute Gasteiger partial charge is 0.483 e. The van der Waals surface area contributed by atoms with Crippen LogP contribution >= 0.6 is 22.6 Å². The summed E-state index contributed by atoms with van der Waals surface area (Å²) in [7, 11) is 0. The molecule has 0 aliphatic carbocycles. The minimum absolute atomic E-state index is 0.514. The molecule has 1 aromatic heterocycles. The first kappa shape index (κ1) is 12.0. The summed E-state index contributed by atoms with van der Waals surface area (Å²) in [4.78, 5) is 4.75. The van der Waals surface area contributed by atoms with Gasteiger partial charge in [-0.15, -0.1) is 0 Å². The van der Waals surface area contributed by atoms with E-state index < -0.39 is 0 Å². The molecule has 3 nitrogen and oxygen atoms in total. The van der Waals surface area contributed by atoms with Crippen LogP contribution in [0.25, 0.3) is 16.9 Å². The van der Waals surface area contributed by atoms with Crippen LogP contribution in [0, 0.1) is 3.70 Å². The number of fused-ring (bicyclic) bond motifs is 3. The molecule has 2 heterocycles. The lowest BCUT2D eigenvalue weighted by Crippen LogP contribution is -2.13.